The molecule has 1 aromatic rings. The number of nitrogens with zero attached hydrogens (tertiary/aromatic N) is 1. The van der Waals surface area contributed by atoms with Gasteiger partial charge < -0.3 is 0 Å². The molecule has 0 atom stereocenters. The van der Waals surface area contributed by atoms with Crippen molar-refractivity contribution in [3.05, 3.63) is 23.8 Å². The van der Waals surface area contributed by atoms with Crippen LogP contribution in [0, 0.1) is 0 Å². The Bertz CT molecular complexity index is 1180. The monoisotopic (exact) mass is 707 g/mol. The van der Waals surface area contributed by atoms with Gasteiger partial charge in [0.1, 0.15) is 0 Å². The molecule has 0 N–H and O–H groups in total. The summed E-state index contributed by atoms with van der Waals surface area (Å²) in [6.45, 7) is 4.44. The van der Waals surface area contributed by atoms with Crippen LogP contribution in [0.3, 0.4) is 0 Å². The summed E-state index contributed by atoms with van der Waals surface area (Å²) >= 11 is -4.56. The van der Waals surface area contributed by atoms with Gasteiger partial charge in [0.15, 0.2) is 0 Å². The van der Waals surface area contributed by atoms with E-state index in [2.05, 4.69) is 21.7 Å². The molecule has 1 heterocycles. The first-order valence-corrected chi connectivity index (χ1v) is 27.1. The molecular weight excluding hydrogens is 657 g/mol. The van der Waals surface area contributed by atoms with Crippen LogP contribution in [0.25, 0.3) is 0 Å². The minimum absolute atomic E-state index is 0.0780. The fourth-order valence-electron chi connectivity index (χ4n) is 8.24. The number of rotatable bonds is 7. The molecule has 4 aliphatic rings. The second kappa shape index (κ2) is 11.5. The van der Waals surface area contributed by atoms with Crippen LogP contribution in [0.1, 0.15) is 116 Å². The number of sulfonamides is 1. The van der Waals surface area contributed by atoms with Gasteiger partial charge in [-0.05, 0) is 0 Å². The summed E-state index contributed by atoms with van der Waals surface area (Å²) < 4.78 is 33.7. The van der Waals surface area contributed by atoms with Crippen molar-refractivity contribution in [1.82, 2.24) is 4.31 Å². The number of fused-ring (bicyclic) bond motifs is 1. The van der Waals surface area contributed by atoms with Crippen molar-refractivity contribution >= 4 is 39.6 Å². The van der Waals surface area contributed by atoms with Crippen LogP contribution in [0.5, 0.6) is 5.75 Å². The van der Waals surface area contributed by atoms with Gasteiger partial charge in [-0.3, -0.25) is 0 Å². The normalized spacial score (nSPS) is 26.3. The molecule has 0 amide bonds. The van der Waals surface area contributed by atoms with Crippen molar-refractivity contribution < 1.29 is 22.7 Å². The molecule has 1 aliphatic heterocycles. The minimum atomic E-state index is -4.56. The van der Waals surface area contributed by atoms with Gasteiger partial charge in [-0.1, -0.05) is 0 Å². The van der Waals surface area contributed by atoms with Gasteiger partial charge in [-0.25, -0.2) is 0 Å². The van der Waals surface area contributed by atoms with E-state index < -0.39 is 26.7 Å². The second-order valence-corrected chi connectivity index (χ2v) is 40.1. The van der Waals surface area contributed by atoms with Crippen molar-refractivity contribution in [2.75, 3.05) is 14.1 Å². The van der Waals surface area contributed by atoms with Crippen molar-refractivity contribution in [2.24, 2.45) is 0 Å². The third-order valence-electron chi connectivity index (χ3n) is 9.77. The predicted octanol–water partition coefficient (Wildman–Crippen LogP) is 9.62. The topological polar surface area (TPSA) is 40.1 Å². The van der Waals surface area contributed by atoms with Crippen molar-refractivity contribution in [3.8, 4) is 5.75 Å². The predicted molar refractivity (Wildman–Crippen MR) is 167 cm³/mol. The SMILES string of the molecule is CC(C)[O+]1c2ccc(S(=O)(=O)N(C)C)cc2[CH]=[Ru-2]1([Cl])([Cl])[P+](C1CCCCC1)(C1CCCCC1)C1CCCCC1. The summed E-state index contributed by atoms with van der Waals surface area (Å²) in [4.78, 5) is 0.325. The Balaban J connectivity index is 1.82. The van der Waals surface area contributed by atoms with Gasteiger partial charge in [0, 0.05) is 0 Å². The summed E-state index contributed by atoms with van der Waals surface area (Å²) in [7, 11) is 16.8. The first kappa shape index (κ1) is 30.9. The average molecular weight is 708 g/mol. The Morgan fingerprint density at radius 3 is 1.64 bits per heavy atom. The molecule has 0 bridgehead atoms. The number of hydrogen-bond donors (Lipinski definition) is 0. The van der Waals surface area contributed by atoms with Crippen LogP contribution in [-0.4, -0.2) is 54.5 Å². The fourth-order valence-corrected chi connectivity index (χ4v) is 52.5. The second-order valence-electron chi connectivity index (χ2n) is 12.7. The summed E-state index contributed by atoms with van der Waals surface area (Å²) in [5.74, 6) is 0.991. The molecule has 5 rings (SSSR count). The Morgan fingerprint density at radius 2 is 1.26 bits per heavy atom. The third-order valence-corrected chi connectivity index (χ3v) is 45.1. The Morgan fingerprint density at radius 1 is 0.821 bits per heavy atom. The van der Waals surface area contributed by atoms with Crippen LogP contribution < -0.4 is 0 Å². The van der Waals surface area contributed by atoms with Crippen LogP contribution in [0.4, 0.5) is 0 Å². The first-order chi connectivity index (χ1) is 18.4. The molecule has 0 spiro atoms. The zero-order valence-electron chi connectivity index (χ0n) is 24.4. The molecular formula is C30H50Cl2NO3PRuS. The molecule has 1 aromatic carbocycles. The van der Waals surface area contributed by atoms with Gasteiger partial charge in [-0.15, -0.1) is 0 Å². The molecule has 0 saturated heterocycles. The van der Waals surface area contributed by atoms with Crippen molar-refractivity contribution in [2.45, 2.75) is 138 Å². The summed E-state index contributed by atoms with van der Waals surface area (Å²) in [6, 6.07) is 5.61. The van der Waals surface area contributed by atoms with E-state index in [1.54, 1.807) is 20.2 Å². The first-order valence-electron chi connectivity index (χ1n) is 15.2. The van der Waals surface area contributed by atoms with Gasteiger partial charge >= 0.3 is 248 Å². The summed E-state index contributed by atoms with van der Waals surface area (Å²) in [6.07, 6.45) is 19.5. The third kappa shape index (κ3) is 4.96. The molecule has 4 nitrogen and oxygen atoms in total. The van der Waals surface area contributed by atoms with E-state index in [4.69, 9.17) is 19.4 Å². The van der Waals surface area contributed by atoms with Crippen LogP contribution in [0.2, 0.25) is 0 Å². The fraction of sp³-hybridized carbons (Fsp3) is 0.767. The molecule has 3 fully saturated rings. The average Bonchev–Trinajstić information content (AvgIpc) is 3.18. The number of halogens is 2. The summed E-state index contributed by atoms with van der Waals surface area (Å²) in [5.41, 5.74) is 0.830. The van der Waals surface area contributed by atoms with E-state index in [1.165, 1.54) is 101 Å². The molecule has 39 heavy (non-hydrogen) atoms. The molecule has 9 heteroatoms. The molecule has 0 aromatic heterocycles. The van der Waals surface area contributed by atoms with Crippen molar-refractivity contribution in [1.29, 1.82) is 0 Å². The standard InChI is InChI=1S/C18H33P.C12H17NO3S.2ClH.Ru/c1-4-10-16(11-5-1)19(17-12-6-2-7-13-17)18-14-8-3-9-15-18;1-9(2)16-12-7-6-11(8-10(12)3)17(14,15)13(4)5;;;/h16-18H,1-15H2;3,6-9H,1-2,4-5H3;2*1H;/q;;;;+2/p-2. The van der Waals surface area contributed by atoms with E-state index in [-0.39, 0.29) is 6.10 Å². The number of benzene rings is 1. The van der Waals surface area contributed by atoms with E-state index in [1.807, 2.05) is 12.1 Å². The Labute approximate surface area is 246 Å². The maximum atomic E-state index is 13.2. The molecule has 3 aliphatic carbocycles. The molecule has 0 unspecified atom stereocenters. The van der Waals surface area contributed by atoms with Gasteiger partial charge in [0.25, 0.3) is 0 Å². The quantitative estimate of drug-likeness (QED) is 0.161. The zero-order valence-corrected chi connectivity index (χ0v) is 29.3. The zero-order chi connectivity index (χ0) is 28.1. The van der Waals surface area contributed by atoms with Crippen LogP contribution >= 0.6 is 25.0 Å². The number of hydrogen-bond acceptors (Lipinski definition) is 2. The Hall–Kier alpha value is 0.433. The molecule has 226 valence electrons. The van der Waals surface area contributed by atoms with E-state index >= 15 is 0 Å². The molecule has 3 saturated carbocycles. The maximum absolute atomic E-state index is 13.2. The van der Waals surface area contributed by atoms with Gasteiger partial charge in [0.05, 0.1) is 0 Å². The molecule has 0 radical (unpaired) electrons. The van der Waals surface area contributed by atoms with Gasteiger partial charge in [0.2, 0.25) is 0 Å². The van der Waals surface area contributed by atoms with E-state index in [0.717, 1.165) is 11.3 Å². The Kier molecular flexibility index (Phi) is 9.10. The van der Waals surface area contributed by atoms with Crippen LogP contribution in [-0.2, 0) is 24.3 Å². The van der Waals surface area contributed by atoms with E-state index in [9.17, 15) is 8.42 Å². The summed E-state index contributed by atoms with van der Waals surface area (Å²) in [5, 5.41) is 0. The van der Waals surface area contributed by atoms with Gasteiger partial charge in [-0.2, -0.15) is 0 Å². The van der Waals surface area contributed by atoms with Crippen LogP contribution in [0.15, 0.2) is 23.1 Å². The van der Waals surface area contributed by atoms with Crippen molar-refractivity contribution in [3.63, 3.8) is 0 Å². The van der Waals surface area contributed by atoms with E-state index in [0.29, 0.717) is 21.9 Å².